The molecule has 102 valence electrons. The van der Waals surface area contributed by atoms with E-state index in [-0.39, 0.29) is 17.2 Å². The number of amides is 1. The summed E-state index contributed by atoms with van der Waals surface area (Å²) in [6.07, 6.45) is 0. The smallest absolute Gasteiger partial charge is 0.270 e. The molecule has 0 saturated heterocycles. The van der Waals surface area contributed by atoms with E-state index in [1.54, 1.807) is 6.07 Å². The van der Waals surface area contributed by atoms with Gasteiger partial charge < -0.3 is 5.32 Å². The Balaban J connectivity index is 2.24. The molecule has 1 N–H and O–H groups in total. The van der Waals surface area contributed by atoms with Gasteiger partial charge >= 0.3 is 0 Å². The van der Waals surface area contributed by atoms with Crippen LogP contribution >= 0.6 is 0 Å². The summed E-state index contributed by atoms with van der Waals surface area (Å²) in [5.41, 5.74) is 2.92. The van der Waals surface area contributed by atoms with Crippen LogP contribution in [0.15, 0.2) is 42.5 Å². The van der Waals surface area contributed by atoms with Crippen LogP contribution < -0.4 is 5.32 Å². The number of nitrogens with zero attached hydrogens (tertiary/aromatic N) is 1. The molecule has 0 atom stereocenters. The Morgan fingerprint density at radius 3 is 2.55 bits per heavy atom. The predicted octanol–water partition coefficient (Wildman–Crippen LogP) is 3.46. The number of rotatable bonds is 3. The molecule has 0 fully saturated rings. The number of non-ortho nitro benzene ring substituents is 1. The summed E-state index contributed by atoms with van der Waals surface area (Å²) in [4.78, 5) is 22.3. The average Bonchev–Trinajstić information content (AvgIpc) is 2.42. The lowest BCUT2D eigenvalue weighted by Crippen LogP contribution is -2.13. The topological polar surface area (TPSA) is 72.2 Å². The highest BCUT2D eigenvalue weighted by Crippen LogP contribution is 2.18. The van der Waals surface area contributed by atoms with Crippen molar-refractivity contribution in [3.8, 4) is 0 Å². The number of nitrogens with one attached hydrogen (secondary N) is 1. The van der Waals surface area contributed by atoms with Gasteiger partial charge in [-0.25, -0.2) is 0 Å². The minimum Gasteiger partial charge on any atom is -0.322 e. The molecule has 20 heavy (non-hydrogen) atoms. The van der Waals surface area contributed by atoms with E-state index in [1.165, 1.54) is 18.2 Å². The van der Waals surface area contributed by atoms with Crippen molar-refractivity contribution in [3.05, 3.63) is 69.3 Å². The molecular formula is C15H14N2O3. The Bertz CT molecular complexity index is 681. The van der Waals surface area contributed by atoms with Crippen LogP contribution in [-0.2, 0) is 0 Å². The molecule has 0 aliphatic heterocycles. The van der Waals surface area contributed by atoms with Gasteiger partial charge in [0.1, 0.15) is 0 Å². The molecule has 0 aromatic heterocycles. The standard InChI is InChI=1S/C15H14N2O3/c1-10-6-7-14(11(2)8-10)16-15(18)12-4-3-5-13(9-12)17(19)20/h3-9H,1-2H3,(H,16,18). The Morgan fingerprint density at radius 1 is 1.15 bits per heavy atom. The van der Waals surface area contributed by atoms with Crippen molar-refractivity contribution >= 4 is 17.3 Å². The summed E-state index contributed by atoms with van der Waals surface area (Å²) < 4.78 is 0. The number of hydrogen-bond acceptors (Lipinski definition) is 3. The summed E-state index contributed by atoms with van der Waals surface area (Å²) in [7, 11) is 0. The van der Waals surface area contributed by atoms with Crippen molar-refractivity contribution in [1.82, 2.24) is 0 Å². The van der Waals surface area contributed by atoms with Crippen molar-refractivity contribution < 1.29 is 9.72 Å². The molecule has 0 radical (unpaired) electrons. The van der Waals surface area contributed by atoms with Gasteiger partial charge in [-0.05, 0) is 31.5 Å². The molecule has 0 bridgehead atoms. The van der Waals surface area contributed by atoms with E-state index in [4.69, 9.17) is 0 Å². The summed E-state index contributed by atoms with van der Waals surface area (Å²) in [5, 5.41) is 13.5. The normalized spacial score (nSPS) is 10.1. The summed E-state index contributed by atoms with van der Waals surface area (Å²) >= 11 is 0. The van der Waals surface area contributed by atoms with E-state index in [9.17, 15) is 14.9 Å². The molecule has 0 heterocycles. The van der Waals surface area contributed by atoms with Gasteiger partial charge in [-0.15, -0.1) is 0 Å². The number of hydrogen-bond donors (Lipinski definition) is 1. The number of anilines is 1. The third-order valence-corrected chi connectivity index (χ3v) is 2.95. The number of benzene rings is 2. The zero-order chi connectivity index (χ0) is 14.7. The third kappa shape index (κ3) is 3.00. The van der Waals surface area contributed by atoms with Crippen LogP contribution in [0, 0.1) is 24.0 Å². The molecule has 0 unspecified atom stereocenters. The van der Waals surface area contributed by atoms with E-state index >= 15 is 0 Å². The van der Waals surface area contributed by atoms with E-state index in [1.807, 2.05) is 32.0 Å². The second-order valence-electron chi connectivity index (χ2n) is 4.58. The number of nitro benzene ring substituents is 1. The van der Waals surface area contributed by atoms with Crippen LogP contribution in [0.1, 0.15) is 21.5 Å². The first-order valence-corrected chi connectivity index (χ1v) is 6.10. The highest BCUT2D eigenvalue weighted by molar-refractivity contribution is 6.05. The van der Waals surface area contributed by atoms with Gasteiger partial charge in [0.15, 0.2) is 0 Å². The fourth-order valence-corrected chi connectivity index (χ4v) is 1.91. The number of carbonyl (C=O) groups is 1. The minimum atomic E-state index is -0.520. The van der Waals surface area contributed by atoms with Crippen LogP contribution in [-0.4, -0.2) is 10.8 Å². The fraction of sp³-hybridized carbons (Fsp3) is 0.133. The van der Waals surface area contributed by atoms with E-state index < -0.39 is 4.92 Å². The molecule has 0 spiro atoms. The first-order chi connectivity index (χ1) is 9.47. The van der Waals surface area contributed by atoms with Crippen molar-refractivity contribution in [2.45, 2.75) is 13.8 Å². The second kappa shape index (κ2) is 5.52. The van der Waals surface area contributed by atoms with Crippen molar-refractivity contribution in [1.29, 1.82) is 0 Å². The minimum absolute atomic E-state index is 0.0988. The second-order valence-corrected chi connectivity index (χ2v) is 4.58. The molecule has 5 nitrogen and oxygen atoms in total. The number of carbonyl (C=O) groups excluding carboxylic acids is 1. The van der Waals surface area contributed by atoms with E-state index in [0.29, 0.717) is 5.69 Å². The molecule has 5 heteroatoms. The van der Waals surface area contributed by atoms with Gasteiger partial charge in [-0.1, -0.05) is 23.8 Å². The quantitative estimate of drug-likeness (QED) is 0.685. The zero-order valence-corrected chi connectivity index (χ0v) is 11.2. The van der Waals surface area contributed by atoms with Gasteiger partial charge in [-0.2, -0.15) is 0 Å². The lowest BCUT2D eigenvalue weighted by molar-refractivity contribution is -0.384. The van der Waals surface area contributed by atoms with Gasteiger partial charge in [0.25, 0.3) is 11.6 Å². The van der Waals surface area contributed by atoms with Crippen LogP contribution in [0.3, 0.4) is 0 Å². The van der Waals surface area contributed by atoms with Crippen LogP contribution in [0.4, 0.5) is 11.4 Å². The van der Waals surface area contributed by atoms with Gasteiger partial charge in [0, 0.05) is 23.4 Å². The molecule has 2 aromatic carbocycles. The lowest BCUT2D eigenvalue weighted by atomic mass is 10.1. The molecule has 2 aromatic rings. The summed E-state index contributed by atoms with van der Waals surface area (Å²) in [6, 6.07) is 11.3. The van der Waals surface area contributed by atoms with Gasteiger partial charge in [0.05, 0.1) is 4.92 Å². The van der Waals surface area contributed by atoms with Crippen LogP contribution in [0.2, 0.25) is 0 Å². The number of aryl methyl sites for hydroxylation is 2. The first kappa shape index (κ1) is 13.7. The molecule has 1 amide bonds. The highest BCUT2D eigenvalue weighted by Gasteiger charge is 2.12. The Kier molecular flexibility index (Phi) is 3.79. The van der Waals surface area contributed by atoms with Gasteiger partial charge in [0.2, 0.25) is 0 Å². The Morgan fingerprint density at radius 2 is 1.90 bits per heavy atom. The zero-order valence-electron chi connectivity index (χ0n) is 11.2. The fourth-order valence-electron chi connectivity index (χ4n) is 1.91. The Labute approximate surface area is 116 Å². The third-order valence-electron chi connectivity index (χ3n) is 2.95. The number of nitro groups is 1. The van der Waals surface area contributed by atoms with Crippen LogP contribution in [0.25, 0.3) is 0 Å². The highest BCUT2D eigenvalue weighted by atomic mass is 16.6. The molecule has 0 saturated carbocycles. The summed E-state index contributed by atoms with van der Waals surface area (Å²) in [5.74, 6) is -0.361. The summed E-state index contributed by atoms with van der Waals surface area (Å²) in [6.45, 7) is 3.87. The van der Waals surface area contributed by atoms with E-state index in [0.717, 1.165) is 11.1 Å². The van der Waals surface area contributed by atoms with Crippen molar-refractivity contribution in [3.63, 3.8) is 0 Å². The maximum Gasteiger partial charge on any atom is 0.270 e. The molecule has 0 aliphatic carbocycles. The molecular weight excluding hydrogens is 256 g/mol. The van der Waals surface area contributed by atoms with E-state index in [2.05, 4.69) is 5.32 Å². The lowest BCUT2D eigenvalue weighted by Gasteiger charge is -2.09. The average molecular weight is 270 g/mol. The maximum atomic E-state index is 12.1. The molecule has 2 rings (SSSR count). The monoisotopic (exact) mass is 270 g/mol. The van der Waals surface area contributed by atoms with Crippen molar-refractivity contribution in [2.24, 2.45) is 0 Å². The van der Waals surface area contributed by atoms with Crippen molar-refractivity contribution in [2.75, 3.05) is 5.32 Å². The maximum absolute atomic E-state index is 12.1. The predicted molar refractivity (Wildman–Crippen MR) is 77.0 cm³/mol. The van der Waals surface area contributed by atoms with Gasteiger partial charge in [-0.3, -0.25) is 14.9 Å². The largest absolute Gasteiger partial charge is 0.322 e. The first-order valence-electron chi connectivity index (χ1n) is 6.10. The van der Waals surface area contributed by atoms with Crippen LogP contribution in [0.5, 0.6) is 0 Å². The SMILES string of the molecule is Cc1ccc(NC(=O)c2cccc([N+](=O)[O-])c2)c(C)c1. The Hall–Kier alpha value is -2.69. The molecule has 0 aliphatic rings.